The molecule has 14 rings (SSSR count). The predicted octanol–water partition coefficient (Wildman–Crippen LogP) is 14.5. The second-order valence-corrected chi connectivity index (χ2v) is 17.8. The number of benzene rings is 9. The zero-order chi connectivity index (χ0) is 49.0. The Morgan fingerprint density at radius 2 is 0.608 bits per heavy atom. The minimum Gasteiger partial charge on any atom is -0.309 e. The number of rotatable bonds is 10. The summed E-state index contributed by atoms with van der Waals surface area (Å²) in [6.07, 6.45) is 6.48. The fourth-order valence-corrected chi connectivity index (χ4v) is 10.3. The minimum atomic E-state index is 0.445. The predicted molar refractivity (Wildman–Crippen MR) is 295 cm³/mol. The molecule has 0 atom stereocenters. The highest BCUT2D eigenvalue weighted by molar-refractivity contribution is 6.10. The number of hydrogen-bond acceptors (Lipinski definition) is 10. The molecule has 0 saturated carbocycles. The van der Waals surface area contributed by atoms with Gasteiger partial charge in [0.2, 0.25) is 0 Å². The van der Waals surface area contributed by atoms with Crippen molar-refractivity contribution in [3.8, 4) is 33.9 Å². The Hall–Kier alpha value is -10.5. The summed E-state index contributed by atoms with van der Waals surface area (Å²) in [5.74, 6) is 0.891. The van der Waals surface area contributed by atoms with E-state index in [1.165, 1.54) is 21.5 Å². The van der Waals surface area contributed by atoms with Crippen molar-refractivity contribution in [1.29, 1.82) is 0 Å². The maximum Gasteiger partial charge on any atom is 0.254 e. The summed E-state index contributed by atoms with van der Waals surface area (Å²) < 4.78 is 4.61. The maximum atomic E-state index is 5.26. The Morgan fingerprint density at radius 1 is 0.297 bits per heavy atom. The lowest BCUT2D eigenvalue weighted by molar-refractivity contribution is 0.944. The van der Waals surface area contributed by atoms with Gasteiger partial charge in [-0.25, -0.2) is 19.9 Å². The second kappa shape index (κ2) is 17.7. The van der Waals surface area contributed by atoms with Gasteiger partial charge < -0.3 is 9.13 Å². The van der Waals surface area contributed by atoms with E-state index in [9.17, 15) is 0 Å². The summed E-state index contributed by atoms with van der Waals surface area (Å²) in [6.45, 7) is 0. The molecule has 348 valence electrons. The molecule has 74 heavy (non-hydrogen) atoms. The Morgan fingerprint density at radius 3 is 0.932 bits per heavy atom. The first-order chi connectivity index (χ1) is 36.7. The molecule has 0 radical (unpaired) electrons. The Balaban J connectivity index is 0.812. The molecule has 0 spiro atoms. The first kappa shape index (κ1) is 42.4. The zero-order valence-corrected chi connectivity index (χ0v) is 39.5. The van der Waals surface area contributed by atoms with E-state index in [1.807, 2.05) is 34.1 Å². The maximum absolute atomic E-state index is 5.26. The zero-order valence-electron chi connectivity index (χ0n) is 39.5. The number of aromatic nitrogens is 10. The lowest BCUT2D eigenvalue weighted by Gasteiger charge is -2.23. The van der Waals surface area contributed by atoms with Crippen LogP contribution in [-0.4, -0.2) is 49.5 Å². The normalized spacial score (nSPS) is 11.5. The molecule has 0 aliphatic rings. The van der Waals surface area contributed by atoms with Crippen LogP contribution in [0.25, 0.3) is 88.5 Å². The van der Waals surface area contributed by atoms with Gasteiger partial charge in [0.05, 0.1) is 69.3 Å². The smallest absolute Gasteiger partial charge is 0.254 e. The van der Waals surface area contributed by atoms with E-state index >= 15 is 0 Å². The summed E-state index contributed by atoms with van der Waals surface area (Å²) >= 11 is 0. The highest BCUT2D eigenvalue weighted by atomic mass is 15.3. The summed E-state index contributed by atoms with van der Waals surface area (Å²) in [5, 5.41) is 22.2. The van der Waals surface area contributed by atoms with E-state index in [-0.39, 0.29) is 0 Å². The van der Waals surface area contributed by atoms with Gasteiger partial charge in [-0.15, -0.1) is 10.2 Å². The molecule has 9 aromatic carbocycles. The monoisotopic (exact) mass is 952 g/mol. The molecule has 14 aromatic rings. The molecule has 0 N–H and O–H groups in total. The van der Waals surface area contributed by atoms with Crippen molar-refractivity contribution in [2.24, 2.45) is 0 Å². The molecule has 5 aromatic heterocycles. The summed E-state index contributed by atoms with van der Waals surface area (Å²) in [5.41, 5.74) is 15.0. The number of anilines is 6. The Kier molecular flexibility index (Phi) is 10.2. The van der Waals surface area contributed by atoms with Gasteiger partial charge in [0.1, 0.15) is 0 Å². The van der Waals surface area contributed by atoms with Crippen LogP contribution in [0.15, 0.2) is 243 Å². The minimum absolute atomic E-state index is 0.445. The van der Waals surface area contributed by atoms with Crippen molar-refractivity contribution >= 4 is 89.3 Å². The fourth-order valence-electron chi connectivity index (χ4n) is 10.3. The lowest BCUT2D eigenvalue weighted by Crippen LogP contribution is -2.14. The fraction of sp³-hybridized carbons (Fsp3) is 0. The van der Waals surface area contributed by atoms with Gasteiger partial charge in [0.25, 0.3) is 11.9 Å². The van der Waals surface area contributed by atoms with E-state index < -0.39 is 0 Å². The molecule has 12 heteroatoms. The molecular formula is C62H40N12. The van der Waals surface area contributed by atoms with Crippen molar-refractivity contribution < 1.29 is 0 Å². The molecule has 0 fully saturated rings. The van der Waals surface area contributed by atoms with E-state index in [1.54, 1.807) is 24.8 Å². The van der Waals surface area contributed by atoms with Crippen molar-refractivity contribution in [2.45, 2.75) is 0 Å². The molecule has 0 bridgehead atoms. The molecular weight excluding hydrogens is 913 g/mol. The lowest BCUT2D eigenvalue weighted by atomic mass is 10.0. The average Bonchev–Trinajstić information content (AvgIpc) is 4.00. The van der Waals surface area contributed by atoms with E-state index in [0.29, 0.717) is 11.9 Å². The first-order valence-electron chi connectivity index (χ1n) is 24.2. The highest BCUT2D eigenvalue weighted by Gasteiger charge is 2.21. The van der Waals surface area contributed by atoms with Crippen molar-refractivity contribution in [3.63, 3.8) is 0 Å². The third kappa shape index (κ3) is 7.24. The number of nitrogens with zero attached hydrogens (tertiary/aromatic N) is 12. The number of hydrogen-bond donors (Lipinski definition) is 0. The van der Waals surface area contributed by atoms with Gasteiger partial charge in [0, 0.05) is 66.8 Å². The second-order valence-electron chi connectivity index (χ2n) is 17.8. The van der Waals surface area contributed by atoms with Crippen LogP contribution in [0.2, 0.25) is 0 Å². The standard InChI is InChI=1S/C62H40N12/c1-7-17-55-49(11-1)50-12-2-8-18-56(50)73(55)47-33-29-45(30-34-47)71(61-63-37-39-65-69-61)43-25-21-41(22-26-43)59-60(68-54-16-6-5-15-53(54)67-59)42-23-27-44(28-24-42)72(62-64-38-40-66-70-62)46-31-35-48(36-32-46)74-57-19-9-3-13-51(57)52-14-4-10-20-58(52)74/h1-40H. The highest BCUT2D eigenvalue weighted by Crippen LogP contribution is 2.40. The average molecular weight is 953 g/mol. The molecule has 0 amide bonds. The van der Waals surface area contributed by atoms with Crippen molar-refractivity contribution in [3.05, 3.63) is 243 Å². The quantitative estimate of drug-likeness (QED) is 0.131. The van der Waals surface area contributed by atoms with Gasteiger partial charge in [-0.1, -0.05) is 109 Å². The van der Waals surface area contributed by atoms with Crippen LogP contribution in [0.3, 0.4) is 0 Å². The van der Waals surface area contributed by atoms with Crippen LogP contribution in [0.1, 0.15) is 0 Å². The van der Waals surface area contributed by atoms with Crippen LogP contribution in [0.5, 0.6) is 0 Å². The van der Waals surface area contributed by atoms with Crippen LogP contribution in [0.4, 0.5) is 34.6 Å². The molecule has 12 nitrogen and oxygen atoms in total. The number of fused-ring (bicyclic) bond motifs is 7. The van der Waals surface area contributed by atoms with Crippen LogP contribution < -0.4 is 9.80 Å². The first-order valence-corrected chi connectivity index (χ1v) is 24.2. The van der Waals surface area contributed by atoms with E-state index in [4.69, 9.17) is 9.97 Å². The van der Waals surface area contributed by atoms with Crippen LogP contribution >= 0.6 is 0 Å². The summed E-state index contributed by atoms with van der Waals surface area (Å²) in [7, 11) is 0. The van der Waals surface area contributed by atoms with Gasteiger partial charge in [-0.05, 0) is 109 Å². The van der Waals surface area contributed by atoms with Gasteiger partial charge in [0.15, 0.2) is 0 Å². The van der Waals surface area contributed by atoms with Crippen molar-refractivity contribution in [1.82, 2.24) is 49.5 Å². The van der Waals surface area contributed by atoms with Crippen LogP contribution in [0, 0.1) is 0 Å². The Labute approximate surface area is 423 Å². The largest absolute Gasteiger partial charge is 0.309 e. The summed E-state index contributed by atoms with van der Waals surface area (Å²) in [4.78, 5) is 23.8. The third-order valence-electron chi connectivity index (χ3n) is 13.6. The molecule has 5 heterocycles. The SMILES string of the molecule is c1ccc2nc(-c3ccc(N(c4ccc(-n5c6ccccc6c6ccccc65)cc4)c4nccnn4)cc3)c(-c3ccc(N(c4ccc(-n5c6ccccc6c6ccccc65)cc4)c4nccnn4)cc3)nc2c1. The number of para-hydroxylation sites is 6. The van der Waals surface area contributed by atoms with E-state index in [2.05, 4.69) is 234 Å². The molecule has 0 unspecified atom stereocenters. The molecule has 0 aliphatic carbocycles. The van der Waals surface area contributed by atoms with Crippen molar-refractivity contribution in [2.75, 3.05) is 9.80 Å². The Bertz CT molecular complexity index is 3960. The van der Waals surface area contributed by atoms with Gasteiger partial charge >= 0.3 is 0 Å². The van der Waals surface area contributed by atoms with Gasteiger partial charge in [-0.3, -0.25) is 9.80 Å². The summed E-state index contributed by atoms with van der Waals surface area (Å²) in [6, 6.07) is 75.6. The van der Waals surface area contributed by atoms with E-state index in [0.717, 1.165) is 89.7 Å². The molecule has 0 saturated heterocycles. The van der Waals surface area contributed by atoms with Crippen LogP contribution in [-0.2, 0) is 0 Å². The topological polar surface area (TPSA) is 119 Å². The van der Waals surface area contributed by atoms with Gasteiger partial charge in [-0.2, -0.15) is 10.2 Å². The third-order valence-corrected chi connectivity index (χ3v) is 13.6. The molecule has 0 aliphatic heterocycles.